The Kier molecular flexibility index (Phi) is 4.38. The number of hydrogen-bond donors (Lipinski definition) is 2. The van der Waals surface area contributed by atoms with Crippen LogP contribution in [0.3, 0.4) is 0 Å². The average Bonchev–Trinajstić information content (AvgIpc) is 2.38. The Labute approximate surface area is 117 Å². The molecule has 1 aromatic carbocycles. The molecule has 1 atom stereocenters. The highest BCUT2D eigenvalue weighted by Gasteiger charge is 2.36. The van der Waals surface area contributed by atoms with Crippen molar-refractivity contribution in [3.05, 3.63) is 35.4 Å². The van der Waals surface area contributed by atoms with Crippen molar-refractivity contribution in [2.24, 2.45) is 5.73 Å². The van der Waals surface area contributed by atoms with Gasteiger partial charge in [-0.2, -0.15) is 0 Å². The minimum absolute atomic E-state index is 0.146. The molecule has 0 aromatic heterocycles. The van der Waals surface area contributed by atoms with Gasteiger partial charge in [-0.1, -0.05) is 19.3 Å². The number of halogens is 2. The van der Waals surface area contributed by atoms with Gasteiger partial charge in [0.1, 0.15) is 17.2 Å². The molecule has 0 aliphatic heterocycles. The predicted octanol–water partition coefficient (Wildman–Crippen LogP) is 2.59. The van der Waals surface area contributed by atoms with E-state index in [-0.39, 0.29) is 11.6 Å². The van der Waals surface area contributed by atoms with Crippen LogP contribution in [0, 0.1) is 11.6 Å². The topological polar surface area (TPSA) is 55.1 Å². The maximum atomic E-state index is 13.4. The van der Waals surface area contributed by atoms with Crippen molar-refractivity contribution >= 4 is 5.91 Å². The average molecular weight is 282 g/mol. The van der Waals surface area contributed by atoms with E-state index in [1.54, 1.807) is 6.92 Å². The third kappa shape index (κ3) is 3.15. The summed E-state index contributed by atoms with van der Waals surface area (Å²) in [7, 11) is 0. The second-order valence-electron chi connectivity index (χ2n) is 5.63. The number of primary amides is 1. The van der Waals surface area contributed by atoms with Gasteiger partial charge in [0, 0.05) is 12.1 Å². The van der Waals surface area contributed by atoms with Crippen molar-refractivity contribution in [3.63, 3.8) is 0 Å². The highest BCUT2D eigenvalue weighted by Crippen LogP contribution is 2.27. The van der Waals surface area contributed by atoms with Crippen molar-refractivity contribution in [2.75, 3.05) is 0 Å². The Balaban J connectivity index is 2.30. The summed E-state index contributed by atoms with van der Waals surface area (Å²) in [6, 6.07) is 3.24. The molecule has 3 N–H and O–H groups in total. The molecule has 0 spiro atoms. The number of nitrogens with one attached hydrogen (secondary N) is 1. The Morgan fingerprint density at radius 1 is 1.20 bits per heavy atom. The Hall–Kier alpha value is -1.49. The summed E-state index contributed by atoms with van der Waals surface area (Å²) in [5.74, 6) is -2.05. The highest BCUT2D eigenvalue weighted by molar-refractivity contribution is 5.85. The van der Waals surface area contributed by atoms with E-state index in [1.807, 2.05) is 0 Å². The summed E-state index contributed by atoms with van der Waals surface area (Å²) >= 11 is 0. The molecule has 1 saturated carbocycles. The number of carbonyl (C=O) groups is 1. The van der Waals surface area contributed by atoms with Crippen LogP contribution in [0.2, 0.25) is 0 Å². The van der Waals surface area contributed by atoms with Gasteiger partial charge in [0.15, 0.2) is 0 Å². The van der Waals surface area contributed by atoms with Gasteiger partial charge in [0.2, 0.25) is 5.91 Å². The minimum Gasteiger partial charge on any atom is -0.368 e. The van der Waals surface area contributed by atoms with Gasteiger partial charge in [-0.05, 0) is 37.5 Å². The summed E-state index contributed by atoms with van der Waals surface area (Å²) in [6.45, 7) is 1.58. The molecule has 1 unspecified atom stereocenters. The molecule has 1 aromatic rings. The first-order chi connectivity index (χ1) is 9.41. The van der Waals surface area contributed by atoms with Crippen LogP contribution >= 0.6 is 0 Å². The lowest BCUT2D eigenvalue weighted by Crippen LogP contribution is -2.54. The largest absolute Gasteiger partial charge is 0.368 e. The van der Waals surface area contributed by atoms with Crippen molar-refractivity contribution < 1.29 is 13.6 Å². The van der Waals surface area contributed by atoms with E-state index < -0.39 is 23.1 Å². The summed E-state index contributed by atoms with van der Waals surface area (Å²) < 4.78 is 26.8. The van der Waals surface area contributed by atoms with Crippen molar-refractivity contribution in [3.8, 4) is 0 Å². The maximum Gasteiger partial charge on any atom is 0.242 e. The van der Waals surface area contributed by atoms with E-state index in [0.717, 1.165) is 43.9 Å². The lowest BCUT2D eigenvalue weighted by atomic mass is 9.87. The van der Waals surface area contributed by atoms with Gasteiger partial charge in [-0.25, -0.2) is 8.78 Å². The molecule has 2 rings (SSSR count). The monoisotopic (exact) mass is 282 g/mol. The third-order valence-corrected chi connectivity index (χ3v) is 4.03. The van der Waals surface area contributed by atoms with Gasteiger partial charge in [0.25, 0.3) is 0 Å². The highest BCUT2D eigenvalue weighted by atomic mass is 19.1. The van der Waals surface area contributed by atoms with Gasteiger partial charge in [-0.15, -0.1) is 0 Å². The van der Waals surface area contributed by atoms with Crippen molar-refractivity contribution in [1.82, 2.24) is 5.32 Å². The van der Waals surface area contributed by atoms with Crippen LogP contribution in [0.25, 0.3) is 0 Å². The predicted molar refractivity (Wildman–Crippen MR) is 72.9 cm³/mol. The molecule has 0 saturated heterocycles. The molecule has 110 valence electrons. The minimum atomic E-state index is -1.26. The Bertz CT molecular complexity index is 480. The van der Waals surface area contributed by atoms with Crippen LogP contribution in [-0.4, -0.2) is 11.9 Å². The zero-order valence-electron chi connectivity index (χ0n) is 11.6. The SMILES string of the molecule is CC(NC1CCCCC1)(C(N)=O)c1cc(F)cc(F)c1. The fourth-order valence-electron chi connectivity index (χ4n) is 2.79. The van der Waals surface area contributed by atoms with E-state index in [1.165, 1.54) is 6.42 Å². The first-order valence-electron chi connectivity index (χ1n) is 6.96. The van der Waals surface area contributed by atoms with Gasteiger partial charge < -0.3 is 5.73 Å². The van der Waals surface area contributed by atoms with E-state index in [9.17, 15) is 13.6 Å². The molecular weight excluding hydrogens is 262 g/mol. The second kappa shape index (κ2) is 5.87. The van der Waals surface area contributed by atoms with Gasteiger partial charge in [-0.3, -0.25) is 10.1 Å². The fraction of sp³-hybridized carbons (Fsp3) is 0.533. The summed E-state index contributed by atoms with van der Waals surface area (Å²) in [5, 5.41) is 3.19. The number of carbonyl (C=O) groups excluding carboxylic acids is 1. The quantitative estimate of drug-likeness (QED) is 0.892. The Morgan fingerprint density at radius 2 is 1.75 bits per heavy atom. The number of benzene rings is 1. The number of rotatable bonds is 4. The van der Waals surface area contributed by atoms with Gasteiger partial charge in [0.05, 0.1) is 0 Å². The lowest BCUT2D eigenvalue weighted by Gasteiger charge is -2.34. The van der Waals surface area contributed by atoms with Crippen LogP contribution in [0.5, 0.6) is 0 Å². The van der Waals surface area contributed by atoms with Crippen LogP contribution in [0.1, 0.15) is 44.6 Å². The zero-order chi connectivity index (χ0) is 14.8. The number of hydrogen-bond acceptors (Lipinski definition) is 2. The second-order valence-corrected chi connectivity index (χ2v) is 5.63. The first-order valence-corrected chi connectivity index (χ1v) is 6.96. The van der Waals surface area contributed by atoms with Crippen LogP contribution in [-0.2, 0) is 10.3 Å². The third-order valence-electron chi connectivity index (χ3n) is 4.03. The van der Waals surface area contributed by atoms with E-state index in [0.29, 0.717) is 0 Å². The molecule has 0 heterocycles. The van der Waals surface area contributed by atoms with Crippen LogP contribution in [0.4, 0.5) is 8.78 Å². The molecule has 5 heteroatoms. The van der Waals surface area contributed by atoms with E-state index in [2.05, 4.69) is 5.32 Å². The smallest absolute Gasteiger partial charge is 0.242 e. The molecule has 20 heavy (non-hydrogen) atoms. The molecule has 1 aliphatic carbocycles. The normalized spacial score (nSPS) is 19.6. The molecule has 1 amide bonds. The van der Waals surface area contributed by atoms with E-state index >= 15 is 0 Å². The van der Waals surface area contributed by atoms with E-state index in [4.69, 9.17) is 5.73 Å². The molecule has 1 fully saturated rings. The molecule has 1 aliphatic rings. The standard InChI is InChI=1S/C15H20F2N2O/c1-15(14(18)20,19-13-5-3-2-4-6-13)10-7-11(16)9-12(17)8-10/h7-9,13,19H,2-6H2,1H3,(H2,18,20). The molecule has 0 bridgehead atoms. The number of amides is 1. The van der Waals surface area contributed by atoms with Crippen LogP contribution < -0.4 is 11.1 Å². The van der Waals surface area contributed by atoms with Crippen molar-refractivity contribution in [1.29, 1.82) is 0 Å². The summed E-state index contributed by atoms with van der Waals surface area (Å²) in [6.07, 6.45) is 5.25. The van der Waals surface area contributed by atoms with Crippen molar-refractivity contribution in [2.45, 2.75) is 50.6 Å². The first kappa shape index (κ1) is 14.9. The number of nitrogens with two attached hydrogens (primary N) is 1. The zero-order valence-corrected chi connectivity index (χ0v) is 11.6. The Morgan fingerprint density at radius 3 is 2.25 bits per heavy atom. The molecule has 0 radical (unpaired) electrons. The van der Waals surface area contributed by atoms with Crippen LogP contribution in [0.15, 0.2) is 18.2 Å². The molecule has 3 nitrogen and oxygen atoms in total. The lowest BCUT2D eigenvalue weighted by molar-refractivity contribution is -0.124. The van der Waals surface area contributed by atoms with Gasteiger partial charge >= 0.3 is 0 Å². The summed E-state index contributed by atoms with van der Waals surface area (Å²) in [4.78, 5) is 11.8. The maximum absolute atomic E-state index is 13.4. The fourth-order valence-corrected chi connectivity index (χ4v) is 2.79. The summed E-state index contributed by atoms with van der Waals surface area (Å²) in [5.41, 5.74) is 4.44. The molecular formula is C15H20F2N2O.